The van der Waals surface area contributed by atoms with E-state index in [1.807, 2.05) is 12.1 Å². The Morgan fingerprint density at radius 1 is 1.41 bits per heavy atom. The molecule has 0 bridgehead atoms. The number of nitrogens with zero attached hydrogens (tertiary/aromatic N) is 1. The Hall–Kier alpha value is -1.55. The van der Waals surface area contributed by atoms with Gasteiger partial charge in [0.25, 0.3) is 0 Å². The number of ether oxygens (including phenoxy) is 1. The molecule has 1 saturated heterocycles. The lowest BCUT2D eigenvalue weighted by atomic mass is 9.75. The van der Waals surface area contributed by atoms with Gasteiger partial charge in [-0.05, 0) is 47.9 Å². The average molecular weight is 303 g/mol. The van der Waals surface area contributed by atoms with Crippen molar-refractivity contribution >= 4 is 6.29 Å². The van der Waals surface area contributed by atoms with Crippen molar-refractivity contribution in [3.05, 3.63) is 23.3 Å². The molecule has 2 aliphatic rings. The van der Waals surface area contributed by atoms with Crippen LogP contribution in [0.25, 0.3) is 0 Å². The fraction of sp³-hybridized carbons (Fsp3) is 0.611. The van der Waals surface area contributed by atoms with E-state index in [0.717, 1.165) is 38.6 Å². The molecule has 0 amide bonds. The maximum atomic E-state index is 11.0. The van der Waals surface area contributed by atoms with Crippen LogP contribution in [0.5, 0.6) is 11.5 Å². The summed E-state index contributed by atoms with van der Waals surface area (Å²) in [5.41, 5.74) is 2.49. The summed E-state index contributed by atoms with van der Waals surface area (Å²) in [6, 6.07) is 4.17. The van der Waals surface area contributed by atoms with Crippen LogP contribution < -0.4 is 4.74 Å². The Kier molecular flexibility index (Phi) is 4.39. The van der Waals surface area contributed by atoms with Gasteiger partial charge in [0.15, 0.2) is 11.5 Å². The number of hydrogen-bond acceptors (Lipinski definition) is 4. The Morgan fingerprint density at radius 3 is 2.91 bits per heavy atom. The summed E-state index contributed by atoms with van der Waals surface area (Å²) in [4.78, 5) is 13.5. The lowest BCUT2D eigenvalue weighted by Gasteiger charge is -2.47. The first-order valence-electron chi connectivity index (χ1n) is 8.25. The van der Waals surface area contributed by atoms with Crippen molar-refractivity contribution in [1.82, 2.24) is 4.90 Å². The van der Waals surface area contributed by atoms with E-state index in [4.69, 9.17) is 4.74 Å². The smallest absolute Gasteiger partial charge is 0.160 e. The SMILES string of the molecule is CC[C@H]1CN2CCc3cc(OC)c(O)cc3[C@@H]2C[C@@H]1CC=O. The number of benzene rings is 1. The molecule has 120 valence electrons. The van der Waals surface area contributed by atoms with Gasteiger partial charge in [0, 0.05) is 25.6 Å². The first-order valence-corrected chi connectivity index (χ1v) is 8.25. The fourth-order valence-corrected chi connectivity index (χ4v) is 4.23. The molecule has 2 heterocycles. The lowest BCUT2D eigenvalue weighted by Crippen LogP contribution is -2.45. The van der Waals surface area contributed by atoms with Crippen molar-refractivity contribution in [1.29, 1.82) is 0 Å². The molecule has 22 heavy (non-hydrogen) atoms. The number of carbonyl (C=O) groups is 1. The zero-order valence-electron chi connectivity index (χ0n) is 13.4. The minimum atomic E-state index is 0.215. The summed E-state index contributed by atoms with van der Waals surface area (Å²) in [6.07, 6.45) is 4.86. The number of phenolic OH excluding ortho intramolecular Hbond substituents is 1. The van der Waals surface area contributed by atoms with Gasteiger partial charge in [-0.3, -0.25) is 4.90 Å². The van der Waals surface area contributed by atoms with Crippen molar-refractivity contribution in [3.8, 4) is 11.5 Å². The van der Waals surface area contributed by atoms with Crippen LogP contribution in [0.15, 0.2) is 12.1 Å². The van der Waals surface area contributed by atoms with Gasteiger partial charge in [-0.1, -0.05) is 13.3 Å². The lowest BCUT2D eigenvalue weighted by molar-refractivity contribution is -0.109. The molecule has 4 nitrogen and oxygen atoms in total. The Balaban J connectivity index is 1.92. The summed E-state index contributed by atoms with van der Waals surface area (Å²) in [6.45, 7) is 4.33. The monoisotopic (exact) mass is 303 g/mol. The molecule has 1 aromatic carbocycles. The van der Waals surface area contributed by atoms with Gasteiger partial charge in [-0.2, -0.15) is 0 Å². The first kappa shape index (κ1) is 15.3. The van der Waals surface area contributed by atoms with E-state index in [0.29, 0.717) is 30.0 Å². The van der Waals surface area contributed by atoms with E-state index in [2.05, 4.69) is 11.8 Å². The number of aldehydes is 1. The fourth-order valence-electron chi connectivity index (χ4n) is 4.23. The number of hydrogen-bond donors (Lipinski definition) is 1. The molecule has 0 aromatic heterocycles. The normalized spacial score (nSPS) is 27.8. The van der Waals surface area contributed by atoms with Gasteiger partial charge in [0.2, 0.25) is 0 Å². The molecule has 2 aliphatic heterocycles. The molecule has 0 saturated carbocycles. The predicted octanol–water partition coefficient (Wildman–Crippen LogP) is 2.94. The van der Waals surface area contributed by atoms with Crippen LogP contribution in [0.1, 0.15) is 43.4 Å². The topological polar surface area (TPSA) is 49.8 Å². The van der Waals surface area contributed by atoms with E-state index in [-0.39, 0.29) is 5.75 Å². The Morgan fingerprint density at radius 2 is 2.23 bits per heavy atom. The maximum absolute atomic E-state index is 11.0. The number of fused-ring (bicyclic) bond motifs is 3. The molecule has 1 N–H and O–H groups in total. The van der Waals surface area contributed by atoms with Crippen molar-refractivity contribution in [3.63, 3.8) is 0 Å². The minimum Gasteiger partial charge on any atom is -0.504 e. The molecule has 0 spiro atoms. The number of rotatable bonds is 4. The minimum absolute atomic E-state index is 0.215. The number of aromatic hydroxyl groups is 1. The first-order chi connectivity index (χ1) is 10.7. The van der Waals surface area contributed by atoms with Crippen LogP contribution >= 0.6 is 0 Å². The highest BCUT2D eigenvalue weighted by Crippen LogP contribution is 2.45. The van der Waals surface area contributed by atoms with Crippen molar-refractivity contribution < 1.29 is 14.6 Å². The third-order valence-corrected chi connectivity index (χ3v) is 5.49. The summed E-state index contributed by atoms with van der Waals surface area (Å²) < 4.78 is 5.23. The third kappa shape index (κ3) is 2.60. The summed E-state index contributed by atoms with van der Waals surface area (Å²) in [5.74, 6) is 1.83. The predicted molar refractivity (Wildman–Crippen MR) is 85.2 cm³/mol. The molecule has 3 rings (SSSR count). The van der Waals surface area contributed by atoms with Crippen LogP contribution in [-0.2, 0) is 11.2 Å². The van der Waals surface area contributed by atoms with Crippen LogP contribution in [-0.4, -0.2) is 36.5 Å². The number of methoxy groups -OCH3 is 1. The van der Waals surface area contributed by atoms with Gasteiger partial charge in [-0.25, -0.2) is 0 Å². The highest BCUT2D eigenvalue weighted by atomic mass is 16.5. The number of phenols is 1. The highest BCUT2D eigenvalue weighted by Gasteiger charge is 2.38. The average Bonchev–Trinajstić information content (AvgIpc) is 2.54. The third-order valence-electron chi connectivity index (χ3n) is 5.49. The zero-order valence-corrected chi connectivity index (χ0v) is 13.4. The van der Waals surface area contributed by atoms with Gasteiger partial charge in [-0.15, -0.1) is 0 Å². The van der Waals surface area contributed by atoms with Gasteiger partial charge in [0.1, 0.15) is 6.29 Å². The second-order valence-electron chi connectivity index (χ2n) is 6.55. The number of piperidine rings is 1. The van der Waals surface area contributed by atoms with Gasteiger partial charge in [0.05, 0.1) is 7.11 Å². The van der Waals surface area contributed by atoms with Crippen LogP contribution in [0.3, 0.4) is 0 Å². The van der Waals surface area contributed by atoms with E-state index in [9.17, 15) is 9.90 Å². The van der Waals surface area contributed by atoms with E-state index in [1.54, 1.807) is 7.11 Å². The van der Waals surface area contributed by atoms with Crippen LogP contribution in [0.2, 0.25) is 0 Å². The molecule has 4 heteroatoms. The molecule has 0 unspecified atom stereocenters. The van der Waals surface area contributed by atoms with Crippen LogP contribution in [0.4, 0.5) is 0 Å². The second kappa shape index (κ2) is 6.29. The molecular formula is C18H25NO3. The molecular weight excluding hydrogens is 278 g/mol. The highest BCUT2D eigenvalue weighted by molar-refractivity contribution is 5.51. The Labute approximate surface area is 132 Å². The van der Waals surface area contributed by atoms with Gasteiger partial charge < -0.3 is 14.6 Å². The quantitative estimate of drug-likeness (QED) is 0.869. The van der Waals surface area contributed by atoms with Crippen molar-refractivity contribution in [2.45, 2.75) is 38.6 Å². The van der Waals surface area contributed by atoms with Crippen LogP contribution in [0, 0.1) is 11.8 Å². The Bertz CT molecular complexity index is 558. The molecule has 0 radical (unpaired) electrons. The zero-order chi connectivity index (χ0) is 15.7. The molecule has 0 aliphatic carbocycles. The summed E-state index contributed by atoms with van der Waals surface area (Å²) in [5, 5.41) is 10.1. The molecule has 1 fully saturated rings. The standard InChI is InChI=1S/C18H25NO3/c1-3-12-11-19-6-4-14-9-18(22-2)17(21)10-15(14)16(19)8-13(12)5-7-20/h7,9-10,12-13,16,21H,3-6,8,11H2,1-2H3/t12-,13-,16-/m0/s1. The van der Waals surface area contributed by atoms with E-state index < -0.39 is 0 Å². The van der Waals surface area contributed by atoms with E-state index in [1.165, 1.54) is 11.1 Å². The van der Waals surface area contributed by atoms with Crippen molar-refractivity contribution in [2.24, 2.45) is 11.8 Å². The largest absolute Gasteiger partial charge is 0.504 e. The molecule has 3 atom stereocenters. The molecule has 1 aromatic rings. The van der Waals surface area contributed by atoms with Crippen molar-refractivity contribution in [2.75, 3.05) is 20.2 Å². The summed E-state index contributed by atoms with van der Waals surface area (Å²) in [7, 11) is 1.59. The number of carbonyl (C=O) groups excluding carboxylic acids is 1. The van der Waals surface area contributed by atoms with Gasteiger partial charge >= 0.3 is 0 Å². The second-order valence-corrected chi connectivity index (χ2v) is 6.55. The van der Waals surface area contributed by atoms with E-state index >= 15 is 0 Å². The summed E-state index contributed by atoms with van der Waals surface area (Å²) >= 11 is 0. The maximum Gasteiger partial charge on any atom is 0.160 e.